The summed E-state index contributed by atoms with van der Waals surface area (Å²) >= 11 is 11.4. The van der Waals surface area contributed by atoms with Crippen molar-refractivity contribution in [2.75, 3.05) is 5.32 Å². The standard InChI is InChI=1S/C17H14Cl2F3NO2/c1-2-15(25-12-6-3-10(18)4-7-12)16(24)23-14-8-5-11(19)9-13(14)17(20,21)22/h3-9,15H,2H2,1H3,(H,23,24)/t15-/m0/s1. The molecule has 0 aliphatic rings. The number of alkyl halides is 3. The van der Waals surface area contributed by atoms with Crippen LogP contribution in [0.5, 0.6) is 5.75 Å². The molecule has 0 aromatic heterocycles. The van der Waals surface area contributed by atoms with E-state index in [0.29, 0.717) is 10.8 Å². The van der Waals surface area contributed by atoms with E-state index in [2.05, 4.69) is 5.32 Å². The smallest absolute Gasteiger partial charge is 0.418 e. The largest absolute Gasteiger partial charge is 0.481 e. The van der Waals surface area contributed by atoms with Crippen LogP contribution in [-0.2, 0) is 11.0 Å². The summed E-state index contributed by atoms with van der Waals surface area (Å²) in [7, 11) is 0. The molecule has 0 unspecified atom stereocenters. The van der Waals surface area contributed by atoms with Crippen LogP contribution in [-0.4, -0.2) is 12.0 Å². The van der Waals surface area contributed by atoms with Gasteiger partial charge in [-0.25, -0.2) is 0 Å². The van der Waals surface area contributed by atoms with Crippen molar-refractivity contribution in [3.8, 4) is 5.75 Å². The molecule has 2 aromatic carbocycles. The molecular formula is C17H14Cl2F3NO2. The van der Waals surface area contributed by atoms with Crippen LogP contribution in [0.2, 0.25) is 10.0 Å². The molecule has 25 heavy (non-hydrogen) atoms. The molecule has 2 aromatic rings. The van der Waals surface area contributed by atoms with Gasteiger partial charge < -0.3 is 10.1 Å². The minimum atomic E-state index is -4.65. The molecule has 3 nitrogen and oxygen atoms in total. The van der Waals surface area contributed by atoms with Crippen LogP contribution in [0, 0.1) is 0 Å². The van der Waals surface area contributed by atoms with E-state index in [1.54, 1.807) is 31.2 Å². The summed E-state index contributed by atoms with van der Waals surface area (Å²) in [5.74, 6) is -0.302. The first-order chi connectivity index (χ1) is 11.7. The molecular weight excluding hydrogens is 378 g/mol. The van der Waals surface area contributed by atoms with Crippen molar-refractivity contribution >= 4 is 34.8 Å². The van der Waals surface area contributed by atoms with Gasteiger partial charge in [-0.1, -0.05) is 30.1 Å². The van der Waals surface area contributed by atoms with Crippen LogP contribution < -0.4 is 10.1 Å². The lowest BCUT2D eigenvalue weighted by molar-refractivity contribution is -0.137. The van der Waals surface area contributed by atoms with Gasteiger partial charge >= 0.3 is 6.18 Å². The highest BCUT2D eigenvalue weighted by molar-refractivity contribution is 6.31. The Bertz CT molecular complexity index is 749. The lowest BCUT2D eigenvalue weighted by atomic mass is 10.1. The molecule has 2 rings (SSSR count). The monoisotopic (exact) mass is 391 g/mol. The molecule has 134 valence electrons. The van der Waals surface area contributed by atoms with Crippen LogP contribution in [0.25, 0.3) is 0 Å². The molecule has 0 fully saturated rings. The van der Waals surface area contributed by atoms with Gasteiger partial charge in [-0.2, -0.15) is 13.2 Å². The first-order valence-electron chi connectivity index (χ1n) is 7.30. The van der Waals surface area contributed by atoms with Gasteiger partial charge in [0.15, 0.2) is 6.10 Å². The minimum Gasteiger partial charge on any atom is -0.481 e. The van der Waals surface area contributed by atoms with Gasteiger partial charge in [-0.05, 0) is 48.9 Å². The molecule has 1 N–H and O–H groups in total. The SMILES string of the molecule is CC[C@H](Oc1ccc(Cl)cc1)C(=O)Nc1ccc(Cl)cc1C(F)(F)F. The fourth-order valence-corrected chi connectivity index (χ4v) is 2.37. The van der Waals surface area contributed by atoms with Gasteiger partial charge in [0, 0.05) is 10.0 Å². The normalized spacial score (nSPS) is 12.6. The number of hydrogen-bond donors (Lipinski definition) is 1. The van der Waals surface area contributed by atoms with E-state index in [0.717, 1.165) is 12.1 Å². The number of amides is 1. The summed E-state index contributed by atoms with van der Waals surface area (Å²) in [4.78, 5) is 12.3. The molecule has 0 heterocycles. The number of carbonyl (C=O) groups is 1. The number of rotatable bonds is 5. The van der Waals surface area contributed by atoms with E-state index >= 15 is 0 Å². The first-order valence-corrected chi connectivity index (χ1v) is 8.06. The molecule has 1 atom stereocenters. The molecule has 0 aliphatic heterocycles. The maximum absolute atomic E-state index is 13.1. The second-order valence-electron chi connectivity index (χ2n) is 5.15. The van der Waals surface area contributed by atoms with E-state index in [9.17, 15) is 18.0 Å². The Hall–Kier alpha value is -1.92. The molecule has 0 radical (unpaired) electrons. The first kappa shape index (κ1) is 19.4. The summed E-state index contributed by atoms with van der Waals surface area (Å²) in [6.07, 6.45) is -5.34. The number of benzene rings is 2. The van der Waals surface area contributed by atoms with Gasteiger partial charge in [-0.3, -0.25) is 4.79 Å². The summed E-state index contributed by atoms with van der Waals surface area (Å²) in [5, 5.41) is 2.68. The Balaban J connectivity index is 2.18. The quantitative estimate of drug-likeness (QED) is 0.698. The Morgan fingerprint density at radius 1 is 1.12 bits per heavy atom. The van der Waals surface area contributed by atoms with Gasteiger partial charge in [-0.15, -0.1) is 0 Å². The molecule has 0 bridgehead atoms. The average Bonchev–Trinajstić information content (AvgIpc) is 2.55. The third-order valence-corrected chi connectivity index (χ3v) is 3.79. The van der Waals surface area contributed by atoms with Crippen molar-refractivity contribution in [1.82, 2.24) is 0 Å². The zero-order valence-corrected chi connectivity index (χ0v) is 14.5. The van der Waals surface area contributed by atoms with Crippen LogP contribution >= 0.6 is 23.2 Å². The zero-order chi connectivity index (χ0) is 18.6. The molecule has 8 heteroatoms. The highest BCUT2D eigenvalue weighted by atomic mass is 35.5. The topological polar surface area (TPSA) is 38.3 Å². The molecule has 0 saturated heterocycles. The van der Waals surface area contributed by atoms with Crippen molar-refractivity contribution in [1.29, 1.82) is 0 Å². The lowest BCUT2D eigenvalue weighted by Gasteiger charge is -2.19. The highest BCUT2D eigenvalue weighted by Gasteiger charge is 2.34. The van der Waals surface area contributed by atoms with E-state index in [4.69, 9.17) is 27.9 Å². The lowest BCUT2D eigenvalue weighted by Crippen LogP contribution is -2.33. The number of nitrogens with one attached hydrogen (secondary N) is 1. The van der Waals surface area contributed by atoms with Gasteiger partial charge in [0.2, 0.25) is 0 Å². The molecule has 0 saturated carbocycles. The van der Waals surface area contributed by atoms with Crippen molar-refractivity contribution < 1.29 is 22.7 Å². The fourth-order valence-electron chi connectivity index (χ4n) is 2.07. The number of anilines is 1. The van der Waals surface area contributed by atoms with Crippen LogP contribution in [0.15, 0.2) is 42.5 Å². The van der Waals surface area contributed by atoms with Crippen LogP contribution in [0.4, 0.5) is 18.9 Å². The minimum absolute atomic E-state index is 0.0743. The Labute approximate surface area is 152 Å². The summed E-state index contributed by atoms with van der Waals surface area (Å²) in [5.41, 5.74) is -1.39. The second kappa shape index (κ2) is 7.97. The summed E-state index contributed by atoms with van der Waals surface area (Å²) in [6, 6.07) is 9.46. The number of hydrogen-bond acceptors (Lipinski definition) is 2. The second-order valence-corrected chi connectivity index (χ2v) is 6.02. The predicted octanol–water partition coefficient (Wildman–Crippen LogP) is 5.81. The third kappa shape index (κ3) is 5.28. The Kier molecular flexibility index (Phi) is 6.19. The van der Waals surface area contributed by atoms with Crippen LogP contribution in [0.3, 0.4) is 0 Å². The summed E-state index contributed by atoms with van der Waals surface area (Å²) < 4.78 is 44.8. The van der Waals surface area contributed by atoms with Gasteiger partial charge in [0.25, 0.3) is 5.91 Å². The number of ether oxygens (including phenoxy) is 1. The zero-order valence-electron chi connectivity index (χ0n) is 13.0. The molecule has 1 amide bonds. The molecule has 0 aliphatic carbocycles. The number of halogens is 5. The van der Waals surface area contributed by atoms with E-state index < -0.39 is 23.8 Å². The predicted molar refractivity (Wildman–Crippen MR) is 91.2 cm³/mol. The maximum Gasteiger partial charge on any atom is 0.418 e. The van der Waals surface area contributed by atoms with Crippen molar-refractivity contribution in [3.63, 3.8) is 0 Å². The fraction of sp³-hybridized carbons (Fsp3) is 0.235. The maximum atomic E-state index is 13.1. The van der Waals surface area contributed by atoms with E-state index in [1.807, 2.05) is 0 Å². The van der Waals surface area contributed by atoms with Gasteiger partial charge in [0.1, 0.15) is 5.75 Å². The van der Waals surface area contributed by atoms with Gasteiger partial charge in [0.05, 0.1) is 11.3 Å². The third-order valence-electron chi connectivity index (χ3n) is 3.30. The van der Waals surface area contributed by atoms with Crippen molar-refractivity contribution in [2.45, 2.75) is 25.6 Å². The highest BCUT2D eigenvalue weighted by Crippen LogP contribution is 2.36. The Morgan fingerprint density at radius 3 is 2.28 bits per heavy atom. The number of carbonyl (C=O) groups excluding carboxylic acids is 1. The van der Waals surface area contributed by atoms with E-state index in [1.165, 1.54) is 6.07 Å². The van der Waals surface area contributed by atoms with E-state index in [-0.39, 0.29) is 17.1 Å². The van der Waals surface area contributed by atoms with Crippen LogP contribution in [0.1, 0.15) is 18.9 Å². The molecule has 0 spiro atoms. The average molecular weight is 392 g/mol. The Morgan fingerprint density at radius 2 is 1.72 bits per heavy atom. The van der Waals surface area contributed by atoms with Crippen molar-refractivity contribution in [2.24, 2.45) is 0 Å². The summed E-state index contributed by atoms with van der Waals surface area (Å²) in [6.45, 7) is 1.69. The van der Waals surface area contributed by atoms with Crippen molar-refractivity contribution in [3.05, 3.63) is 58.1 Å².